The number of halogens is 3. The van der Waals surface area contributed by atoms with Crippen molar-refractivity contribution in [3.8, 4) is 0 Å². The molecule has 5 nitrogen and oxygen atoms in total. The average molecular weight is 406 g/mol. The maximum atomic E-state index is 13.0. The molecule has 29 heavy (non-hydrogen) atoms. The van der Waals surface area contributed by atoms with Crippen LogP contribution in [-0.4, -0.2) is 35.5 Å². The first-order valence-corrected chi connectivity index (χ1v) is 9.74. The number of amides is 1. The molecule has 1 fully saturated rings. The number of nitrogens with one attached hydrogen (secondary N) is 1. The first-order valence-electron chi connectivity index (χ1n) is 9.74. The van der Waals surface area contributed by atoms with Crippen LogP contribution in [0.15, 0.2) is 36.4 Å². The lowest BCUT2D eigenvalue weighted by atomic mass is 9.95. The van der Waals surface area contributed by atoms with Gasteiger partial charge < -0.3 is 10.2 Å². The third-order valence-corrected chi connectivity index (χ3v) is 5.26. The molecule has 1 aliphatic rings. The summed E-state index contributed by atoms with van der Waals surface area (Å²) in [5.41, 5.74) is 0.233. The first kappa shape index (κ1) is 21.1. The van der Waals surface area contributed by atoms with Crippen LogP contribution < -0.4 is 10.2 Å². The number of hydrogen-bond acceptors (Lipinski definition) is 4. The Labute approximate surface area is 168 Å². The van der Waals surface area contributed by atoms with Gasteiger partial charge in [0.15, 0.2) is 0 Å². The molecule has 0 unspecified atom stereocenters. The number of carbonyl (C=O) groups is 1. The highest BCUT2D eigenvalue weighted by molar-refractivity contribution is 5.79. The minimum atomic E-state index is -4.50. The summed E-state index contributed by atoms with van der Waals surface area (Å²) in [7, 11) is 0. The summed E-state index contributed by atoms with van der Waals surface area (Å²) >= 11 is 0. The predicted octanol–water partition coefficient (Wildman–Crippen LogP) is 3.94. The van der Waals surface area contributed by atoms with Gasteiger partial charge in [0, 0.05) is 31.6 Å². The zero-order valence-electron chi connectivity index (χ0n) is 16.5. The van der Waals surface area contributed by atoms with E-state index in [1.807, 2.05) is 30.3 Å². The van der Waals surface area contributed by atoms with Crippen molar-refractivity contribution < 1.29 is 18.0 Å². The zero-order valence-corrected chi connectivity index (χ0v) is 16.5. The largest absolute Gasteiger partial charge is 0.433 e. The Morgan fingerprint density at radius 3 is 2.48 bits per heavy atom. The van der Waals surface area contributed by atoms with Gasteiger partial charge in [0.25, 0.3) is 0 Å². The van der Waals surface area contributed by atoms with Crippen LogP contribution >= 0.6 is 0 Å². The Kier molecular flexibility index (Phi) is 6.39. The van der Waals surface area contributed by atoms with E-state index in [-0.39, 0.29) is 29.4 Å². The molecule has 2 aromatic rings. The molecule has 0 saturated carbocycles. The molecule has 1 saturated heterocycles. The summed E-state index contributed by atoms with van der Waals surface area (Å²) in [6.07, 6.45) is -3.35. The molecule has 8 heteroatoms. The molecule has 0 spiro atoms. The predicted molar refractivity (Wildman–Crippen MR) is 105 cm³/mol. The van der Waals surface area contributed by atoms with Crippen LogP contribution in [0.3, 0.4) is 0 Å². The lowest BCUT2D eigenvalue weighted by molar-refractivity contribution is -0.141. The Morgan fingerprint density at radius 2 is 1.86 bits per heavy atom. The van der Waals surface area contributed by atoms with Crippen LogP contribution in [0.5, 0.6) is 0 Å². The minimum absolute atomic E-state index is 0.00211. The number of carbonyl (C=O) groups excluding carboxylic acids is 1. The highest BCUT2D eigenvalue weighted by atomic mass is 19.4. The Hall–Kier alpha value is -2.64. The minimum Gasteiger partial charge on any atom is -0.356 e. The van der Waals surface area contributed by atoms with Crippen molar-refractivity contribution in [2.75, 3.05) is 24.5 Å². The topological polar surface area (TPSA) is 58.1 Å². The van der Waals surface area contributed by atoms with E-state index in [1.165, 1.54) is 12.5 Å². The van der Waals surface area contributed by atoms with Crippen molar-refractivity contribution >= 4 is 11.7 Å². The zero-order chi connectivity index (χ0) is 21.0. The summed E-state index contributed by atoms with van der Waals surface area (Å²) in [6.45, 7) is 5.05. The molecule has 0 radical (unpaired) electrons. The van der Waals surface area contributed by atoms with Gasteiger partial charge in [-0.15, -0.1) is 0 Å². The number of benzene rings is 1. The van der Waals surface area contributed by atoms with Gasteiger partial charge >= 0.3 is 6.18 Å². The van der Waals surface area contributed by atoms with Crippen molar-refractivity contribution in [2.45, 2.75) is 38.8 Å². The number of rotatable bonds is 5. The van der Waals surface area contributed by atoms with Crippen molar-refractivity contribution in [3.63, 3.8) is 0 Å². The third-order valence-electron chi connectivity index (χ3n) is 5.26. The van der Waals surface area contributed by atoms with E-state index in [9.17, 15) is 18.0 Å². The van der Waals surface area contributed by atoms with E-state index >= 15 is 0 Å². The summed E-state index contributed by atoms with van der Waals surface area (Å²) in [5, 5.41) is 3.01. The van der Waals surface area contributed by atoms with Crippen molar-refractivity contribution in [1.82, 2.24) is 15.3 Å². The van der Waals surface area contributed by atoms with Gasteiger partial charge in [0.2, 0.25) is 5.91 Å². The molecule has 0 aliphatic carbocycles. The smallest absolute Gasteiger partial charge is 0.356 e. The fraction of sp³-hybridized carbons (Fsp3) is 0.476. The molecule has 1 aliphatic heterocycles. The first-order chi connectivity index (χ1) is 13.7. The Morgan fingerprint density at radius 1 is 1.21 bits per heavy atom. The van der Waals surface area contributed by atoms with Gasteiger partial charge in [-0.25, -0.2) is 9.97 Å². The Bertz CT molecular complexity index is 834. The lowest BCUT2D eigenvalue weighted by Gasteiger charge is -2.32. The van der Waals surface area contributed by atoms with Crippen LogP contribution in [0.4, 0.5) is 19.0 Å². The monoisotopic (exact) mass is 406 g/mol. The molecular weight excluding hydrogens is 381 g/mol. The summed E-state index contributed by atoms with van der Waals surface area (Å²) in [4.78, 5) is 21.9. The van der Waals surface area contributed by atoms with Crippen LogP contribution in [0.25, 0.3) is 0 Å². The average Bonchev–Trinajstić information content (AvgIpc) is 2.71. The van der Waals surface area contributed by atoms with E-state index < -0.39 is 11.9 Å². The van der Waals surface area contributed by atoms with Gasteiger partial charge in [-0.3, -0.25) is 4.79 Å². The molecule has 1 aromatic heterocycles. The molecule has 3 rings (SSSR count). The summed E-state index contributed by atoms with van der Waals surface area (Å²) < 4.78 is 39.0. The van der Waals surface area contributed by atoms with Gasteiger partial charge in [-0.1, -0.05) is 37.3 Å². The van der Waals surface area contributed by atoms with E-state index in [0.29, 0.717) is 32.5 Å². The van der Waals surface area contributed by atoms with Crippen molar-refractivity contribution in [1.29, 1.82) is 0 Å². The van der Waals surface area contributed by atoms with Crippen LogP contribution in [0.1, 0.15) is 42.8 Å². The molecular formula is C21H25F3N4O. The SMILES string of the molecule is Cc1nc(N2CCC(C(=O)NC[C@H](C)c3ccccc3)CC2)cc(C(F)(F)F)n1. The third kappa shape index (κ3) is 5.46. The van der Waals surface area contributed by atoms with Gasteiger partial charge in [-0.05, 0) is 31.2 Å². The molecule has 1 atom stereocenters. The number of nitrogens with zero attached hydrogens (tertiary/aromatic N) is 3. The highest BCUT2D eigenvalue weighted by Crippen LogP contribution is 2.31. The molecule has 1 N–H and O–H groups in total. The number of aryl methyl sites for hydroxylation is 1. The van der Waals surface area contributed by atoms with Crippen LogP contribution in [-0.2, 0) is 11.0 Å². The fourth-order valence-electron chi connectivity index (χ4n) is 3.53. The van der Waals surface area contributed by atoms with Crippen molar-refractivity contribution in [2.24, 2.45) is 5.92 Å². The van der Waals surface area contributed by atoms with E-state index in [1.54, 1.807) is 4.90 Å². The molecule has 1 aromatic carbocycles. The maximum absolute atomic E-state index is 13.0. The van der Waals surface area contributed by atoms with E-state index in [4.69, 9.17) is 0 Å². The summed E-state index contributed by atoms with van der Waals surface area (Å²) in [5.74, 6) is 0.428. The Balaban J connectivity index is 1.54. The van der Waals surface area contributed by atoms with Crippen LogP contribution in [0.2, 0.25) is 0 Å². The number of hydrogen-bond donors (Lipinski definition) is 1. The second kappa shape index (κ2) is 8.80. The van der Waals surface area contributed by atoms with Crippen molar-refractivity contribution in [3.05, 3.63) is 53.5 Å². The van der Waals surface area contributed by atoms with Gasteiger partial charge in [-0.2, -0.15) is 13.2 Å². The lowest BCUT2D eigenvalue weighted by Crippen LogP contribution is -2.41. The summed E-state index contributed by atoms with van der Waals surface area (Å²) in [6, 6.07) is 11.0. The number of anilines is 1. The molecule has 2 heterocycles. The second-order valence-corrected chi connectivity index (χ2v) is 7.47. The quantitative estimate of drug-likeness (QED) is 0.817. The number of piperidine rings is 1. The number of aromatic nitrogens is 2. The molecule has 156 valence electrons. The maximum Gasteiger partial charge on any atom is 0.433 e. The second-order valence-electron chi connectivity index (χ2n) is 7.47. The molecule has 1 amide bonds. The fourth-order valence-corrected chi connectivity index (χ4v) is 3.53. The number of alkyl halides is 3. The molecule has 0 bridgehead atoms. The van der Waals surface area contributed by atoms with E-state index in [2.05, 4.69) is 22.2 Å². The van der Waals surface area contributed by atoms with Gasteiger partial charge in [0.05, 0.1) is 0 Å². The van der Waals surface area contributed by atoms with E-state index in [0.717, 1.165) is 6.07 Å². The normalized spacial score (nSPS) is 16.5. The van der Waals surface area contributed by atoms with Gasteiger partial charge in [0.1, 0.15) is 17.3 Å². The highest BCUT2D eigenvalue weighted by Gasteiger charge is 2.34. The van der Waals surface area contributed by atoms with Crippen LogP contribution in [0, 0.1) is 12.8 Å². The standard InChI is InChI=1S/C21H25F3N4O/c1-14(16-6-4-3-5-7-16)13-25-20(29)17-8-10-28(11-9-17)19-12-18(21(22,23)24)26-15(2)27-19/h3-7,12,14,17H,8-11,13H2,1-2H3,(H,25,29)/t14-/m0/s1.